The first kappa shape index (κ1) is 11.2. The van der Waals surface area contributed by atoms with E-state index in [2.05, 4.69) is 30.9 Å². The summed E-state index contributed by atoms with van der Waals surface area (Å²) in [5.74, 6) is 1.65. The van der Waals surface area contributed by atoms with E-state index in [0.29, 0.717) is 0 Å². The molecule has 0 spiro atoms. The van der Waals surface area contributed by atoms with Crippen LogP contribution in [0.2, 0.25) is 0 Å². The van der Waals surface area contributed by atoms with Gasteiger partial charge in [0, 0.05) is 24.3 Å². The van der Waals surface area contributed by atoms with Crippen LogP contribution in [0.5, 0.6) is 0 Å². The quantitative estimate of drug-likeness (QED) is 0.710. The van der Waals surface area contributed by atoms with Crippen molar-refractivity contribution >= 4 is 11.5 Å². The van der Waals surface area contributed by atoms with Gasteiger partial charge in [0.2, 0.25) is 0 Å². The Morgan fingerprint density at radius 2 is 1.62 bits per heavy atom. The minimum absolute atomic E-state index is 0.134. The van der Waals surface area contributed by atoms with Crippen LogP contribution in [0.3, 0.4) is 0 Å². The molecule has 2 rings (SSSR count). The lowest BCUT2D eigenvalue weighted by Crippen LogP contribution is -2.19. The Hall–Kier alpha value is -1.31. The van der Waals surface area contributed by atoms with Crippen molar-refractivity contribution in [1.29, 1.82) is 0 Å². The summed E-state index contributed by atoms with van der Waals surface area (Å²) in [5.41, 5.74) is 2.03. The molecule has 2 unspecified atom stereocenters. The van der Waals surface area contributed by atoms with Crippen LogP contribution in [0.1, 0.15) is 31.1 Å². The molecule has 1 aliphatic heterocycles. The second-order valence-electron chi connectivity index (χ2n) is 4.96. The van der Waals surface area contributed by atoms with Crippen LogP contribution in [0.4, 0.5) is 5.69 Å². The number of hydrogen-bond acceptors (Lipinski definition) is 2. The predicted molar refractivity (Wildman–Crippen MR) is 67.0 cm³/mol. The van der Waals surface area contributed by atoms with E-state index in [0.717, 1.165) is 30.5 Å². The molecule has 0 aliphatic carbocycles. The lowest BCUT2D eigenvalue weighted by atomic mass is 10.0. The Bertz CT molecular complexity index is 372. The van der Waals surface area contributed by atoms with E-state index in [1.54, 1.807) is 6.92 Å². The van der Waals surface area contributed by atoms with E-state index in [-0.39, 0.29) is 5.78 Å². The van der Waals surface area contributed by atoms with Crippen LogP contribution in [0, 0.1) is 11.8 Å². The molecule has 0 aromatic heterocycles. The molecule has 1 fully saturated rings. The molecular weight excluding hydrogens is 198 g/mol. The molecule has 1 heterocycles. The normalized spacial score (nSPS) is 24.8. The second-order valence-corrected chi connectivity index (χ2v) is 4.96. The van der Waals surface area contributed by atoms with Gasteiger partial charge in [-0.25, -0.2) is 0 Å². The van der Waals surface area contributed by atoms with E-state index in [9.17, 15) is 4.79 Å². The van der Waals surface area contributed by atoms with Crippen LogP contribution in [-0.2, 0) is 0 Å². The molecule has 0 amide bonds. The van der Waals surface area contributed by atoms with Gasteiger partial charge in [-0.05, 0) is 43.0 Å². The molecule has 1 aliphatic rings. The van der Waals surface area contributed by atoms with Gasteiger partial charge in [0.25, 0.3) is 0 Å². The number of anilines is 1. The molecule has 2 atom stereocenters. The highest BCUT2D eigenvalue weighted by atomic mass is 16.1. The molecular formula is C14H19NO. The first-order valence-electron chi connectivity index (χ1n) is 5.94. The molecule has 0 radical (unpaired) electrons. The fraction of sp³-hybridized carbons (Fsp3) is 0.500. The van der Waals surface area contributed by atoms with Gasteiger partial charge >= 0.3 is 0 Å². The third kappa shape index (κ3) is 2.11. The summed E-state index contributed by atoms with van der Waals surface area (Å²) in [6, 6.07) is 7.96. The number of carbonyl (C=O) groups excluding carboxylic acids is 1. The zero-order chi connectivity index (χ0) is 11.7. The summed E-state index contributed by atoms with van der Waals surface area (Å²) in [7, 11) is 0. The predicted octanol–water partition coefficient (Wildman–Crippen LogP) is 2.98. The molecule has 2 nitrogen and oxygen atoms in total. The third-order valence-corrected chi connectivity index (χ3v) is 3.63. The van der Waals surface area contributed by atoms with Gasteiger partial charge in [0.1, 0.15) is 0 Å². The Morgan fingerprint density at radius 1 is 1.12 bits per heavy atom. The SMILES string of the molecule is CC(=O)c1ccc(N2CC(C)C(C)C2)cc1. The molecule has 1 aromatic rings. The van der Waals surface area contributed by atoms with Gasteiger partial charge in [-0.15, -0.1) is 0 Å². The zero-order valence-corrected chi connectivity index (χ0v) is 10.2. The maximum Gasteiger partial charge on any atom is 0.159 e. The van der Waals surface area contributed by atoms with E-state index >= 15 is 0 Å². The Morgan fingerprint density at radius 3 is 2.06 bits per heavy atom. The van der Waals surface area contributed by atoms with Crippen LogP contribution >= 0.6 is 0 Å². The van der Waals surface area contributed by atoms with Crippen LogP contribution < -0.4 is 4.90 Å². The maximum atomic E-state index is 11.2. The number of nitrogens with zero attached hydrogens (tertiary/aromatic N) is 1. The van der Waals surface area contributed by atoms with E-state index in [4.69, 9.17) is 0 Å². The Balaban J connectivity index is 2.14. The van der Waals surface area contributed by atoms with Gasteiger partial charge in [-0.3, -0.25) is 4.79 Å². The smallest absolute Gasteiger partial charge is 0.159 e. The van der Waals surface area contributed by atoms with Crippen molar-refractivity contribution in [2.24, 2.45) is 11.8 Å². The minimum atomic E-state index is 0.134. The van der Waals surface area contributed by atoms with Crippen molar-refractivity contribution in [3.63, 3.8) is 0 Å². The first-order chi connectivity index (χ1) is 7.58. The first-order valence-corrected chi connectivity index (χ1v) is 5.94. The van der Waals surface area contributed by atoms with Crippen molar-refractivity contribution in [3.05, 3.63) is 29.8 Å². The van der Waals surface area contributed by atoms with E-state index < -0.39 is 0 Å². The molecule has 16 heavy (non-hydrogen) atoms. The van der Waals surface area contributed by atoms with Crippen molar-refractivity contribution < 1.29 is 4.79 Å². The molecule has 0 N–H and O–H groups in total. The van der Waals surface area contributed by atoms with Crippen LogP contribution in [-0.4, -0.2) is 18.9 Å². The number of hydrogen-bond donors (Lipinski definition) is 0. The Kier molecular flexibility index (Phi) is 2.99. The molecule has 2 heteroatoms. The van der Waals surface area contributed by atoms with Gasteiger partial charge < -0.3 is 4.90 Å². The number of benzene rings is 1. The molecule has 1 saturated heterocycles. The average molecular weight is 217 g/mol. The maximum absolute atomic E-state index is 11.2. The third-order valence-electron chi connectivity index (χ3n) is 3.63. The van der Waals surface area contributed by atoms with E-state index in [1.807, 2.05) is 12.1 Å². The fourth-order valence-electron chi connectivity index (χ4n) is 2.25. The molecule has 86 valence electrons. The zero-order valence-electron chi connectivity index (χ0n) is 10.2. The van der Waals surface area contributed by atoms with Gasteiger partial charge in [0.15, 0.2) is 5.78 Å². The molecule has 0 saturated carbocycles. The summed E-state index contributed by atoms with van der Waals surface area (Å²) in [6.45, 7) is 8.46. The topological polar surface area (TPSA) is 20.3 Å². The van der Waals surface area contributed by atoms with Gasteiger partial charge in [-0.2, -0.15) is 0 Å². The van der Waals surface area contributed by atoms with Crippen molar-refractivity contribution in [1.82, 2.24) is 0 Å². The van der Waals surface area contributed by atoms with Crippen LogP contribution in [0.25, 0.3) is 0 Å². The largest absolute Gasteiger partial charge is 0.371 e. The lowest BCUT2D eigenvalue weighted by Gasteiger charge is -2.18. The van der Waals surface area contributed by atoms with Crippen molar-refractivity contribution in [2.45, 2.75) is 20.8 Å². The van der Waals surface area contributed by atoms with E-state index in [1.165, 1.54) is 5.69 Å². The second kappa shape index (κ2) is 4.28. The summed E-state index contributed by atoms with van der Waals surface area (Å²) in [4.78, 5) is 13.6. The lowest BCUT2D eigenvalue weighted by molar-refractivity contribution is 0.101. The number of ketones is 1. The van der Waals surface area contributed by atoms with Crippen molar-refractivity contribution in [2.75, 3.05) is 18.0 Å². The molecule has 1 aromatic carbocycles. The number of Topliss-reactive ketones (excluding diaryl/α,β-unsaturated/α-hetero) is 1. The van der Waals surface area contributed by atoms with Gasteiger partial charge in [0.05, 0.1) is 0 Å². The highest BCUT2D eigenvalue weighted by molar-refractivity contribution is 5.94. The summed E-state index contributed by atoms with van der Waals surface area (Å²) >= 11 is 0. The monoisotopic (exact) mass is 217 g/mol. The Labute approximate surface area is 97.3 Å². The van der Waals surface area contributed by atoms with Crippen molar-refractivity contribution in [3.8, 4) is 0 Å². The van der Waals surface area contributed by atoms with Crippen LogP contribution in [0.15, 0.2) is 24.3 Å². The number of carbonyl (C=O) groups is 1. The standard InChI is InChI=1S/C14H19NO/c1-10-8-15(9-11(10)2)14-6-4-13(5-7-14)12(3)16/h4-7,10-11H,8-9H2,1-3H3. The fourth-order valence-corrected chi connectivity index (χ4v) is 2.25. The van der Waals surface area contributed by atoms with Gasteiger partial charge in [-0.1, -0.05) is 13.8 Å². The number of rotatable bonds is 2. The minimum Gasteiger partial charge on any atom is -0.371 e. The highest BCUT2D eigenvalue weighted by Gasteiger charge is 2.25. The summed E-state index contributed by atoms with van der Waals surface area (Å²) < 4.78 is 0. The summed E-state index contributed by atoms with van der Waals surface area (Å²) in [5, 5.41) is 0. The average Bonchev–Trinajstić information content (AvgIpc) is 2.59. The highest BCUT2D eigenvalue weighted by Crippen LogP contribution is 2.27. The summed E-state index contributed by atoms with van der Waals surface area (Å²) in [6.07, 6.45) is 0. The molecule has 0 bridgehead atoms.